The van der Waals surface area contributed by atoms with Crippen molar-refractivity contribution in [2.45, 2.75) is 32.9 Å². The van der Waals surface area contributed by atoms with Crippen LogP contribution in [0, 0.1) is 13.8 Å². The molecule has 0 aliphatic carbocycles. The number of quaternary nitrogens is 2. The summed E-state index contributed by atoms with van der Waals surface area (Å²) < 4.78 is 5.41. The maximum Gasteiger partial charge on any atom is 0.336 e. The molecule has 142 valence electrons. The van der Waals surface area contributed by atoms with Gasteiger partial charge in [-0.15, -0.1) is 0 Å². The quantitative estimate of drug-likeness (QED) is 0.618. The predicted octanol–water partition coefficient (Wildman–Crippen LogP) is 1.23. The van der Waals surface area contributed by atoms with Crippen LogP contribution < -0.4 is 15.8 Å². The second-order valence-corrected chi connectivity index (χ2v) is 7.72. The molecule has 27 heavy (non-hydrogen) atoms. The van der Waals surface area contributed by atoms with Crippen LogP contribution in [-0.4, -0.2) is 26.7 Å². The zero-order valence-electron chi connectivity index (χ0n) is 16.7. The molecule has 1 aromatic heterocycles. The number of benzene rings is 2. The highest BCUT2D eigenvalue weighted by molar-refractivity contribution is 5.81. The number of nitrogens with two attached hydrogens (primary N) is 1. The Morgan fingerprint density at radius 2 is 1.74 bits per heavy atom. The Balaban J connectivity index is 1.73. The van der Waals surface area contributed by atoms with Crippen molar-refractivity contribution in [1.82, 2.24) is 0 Å². The van der Waals surface area contributed by atoms with Crippen molar-refractivity contribution in [1.29, 1.82) is 0 Å². The van der Waals surface area contributed by atoms with E-state index in [0.717, 1.165) is 36.0 Å². The first-order valence-corrected chi connectivity index (χ1v) is 9.63. The summed E-state index contributed by atoms with van der Waals surface area (Å²) in [5.74, 6) is 0. The molecule has 2 aromatic carbocycles. The molecule has 0 aliphatic heterocycles. The topological polar surface area (TPSA) is 51.3 Å². The van der Waals surface area contributed by atoms with Crippen molar-refractivity contribution in [3.63, 3.8) is 0 Å². The molecular formula is C23H30N2O2+2. The Morgan fingerprint density at radius 3 is 2.44 bits per heavy atom. The van der Waals surface area contributed by atoms with Crippen molar-refractivity contribution < 1.29 is 14.6 Å². The predicted molar refractivity (Wildman–Crippen MR) is 109 cm³/mol. The average molecular weight is 367 g/mol. The molecule has 0 spiro atoms. The van der Waals surface area contributed by atoms with Crippen molar-refractivity contribution in [3.05, 3.63) is 81.2 Å². The van der Waals surface area contributed by atoms with Crippen LogP contribution in [0.2, 0.25) is 0 Å². The van der Waals surface area contributed by atoms with Crippen molar-refractivity contribution in [2.75, 3.05) is 20.6 Å². The van der Waals surface area contributed by atoms with Gasteiger partial charge in [0.1, 0.15) is 24.7 Å². The maximum atomic E-state index is 12.0. The van der Waals surface area contributed by atoms with E-state index in [9.17, 15) is 4.79 Å². The number of hydrogen-bond acceptors (Lipinski definition) is 2. The van der Waals surface area contributed by atoms with E-state index in [1.54, 1.807) is 6.07 Å². The Morgan fingerprint density at radius 1 is 1.04 bits per heavy atom. The van der Waals surface area contributed by atoms with Gasteiger partial charge < -0.3 is 14.6 Å². The summed E-state index contributed by atoms with van der Waals surface area (Å²) in [4.78, 5) is 13.4. The molecule has 3 rings (SSSR count). The Labute approximate surface area is 160 Å². The summed E-state index contributed by atoms with van der Waals surface area (Å²) in [6.45, 7) is 5.92. The molecule has 3 N–H and O–H groups in total. The SMILES string of the molecule is Cc1cc2oc(=O)cc(C[NH2+]C[C@H](Cc3ccccc3)[NH+](C)C)c2cc1C. The third kappa shape index (κ3) is 4.85. The molecule has 3 aromatic rings. The van der Waals surface area contributed by atoms with Crippen LogP contribution in [0.15, 0.2) is 57.7 Å². The molecule has 0 amide bonds. The largest absolute Gasteiger partial charge is 0.423 e. The van der Waals surface area contributed by atoms with Gasteiger partial charge in [0.15, 0.2) is 0 Å². The van der Waals surface area contributed by atoms with Crippen LogP contribution in [0.25, 0.3) is 11.0 Å². The van der Waals surface area contributed by atoms with Gasteiger partial charge in [0.05, 0.1) is 14.1 Å². The lowest BCUT2D eigenvalue weighted by Gasteiger charge is -2.20. The summed E-state index contributed by atoms with van der Waals surface area (Å²) >= 11 is 0. The van der Waals surface area contributed by atoms with Gasteiger partial charge in [-0.25, -0.2) is 4.79 Å². The summed E-state index contributed by atoms with van der Waals surface area (Å²) in [5, 5.41) is 3.36. The number of nitrogens with one attached hydrogen (secondary N) is 1. The Bertz CT molecular complexity index is 961. The van der Waals surface area contributed by atoms with E-state index < -0.39 is 0 Å². The van der Waals surface area contributed by atoms with Crippen LogP contribution in [0.1, 0.15) is 22.3 Å². The van der Waals surface area contributed by atoms with E-state index in [2.05, 4.69) is 62.7 Å². The van der Waals surface area contributed by atoms with Crippen LogP contribution in [0.4, 0.5) is 0 Å². The molecule has 1 heterocycles. The van der Waals surface area contributed by atoms with E-state index in [1.807, 2.05) is 13.0 Å². The van der Waals surface area contributed by atoms with Crippen LogP contribution in [0.3, 0.4) is 0 Å². The summed E-state index contributed by atoms with van der Waals surface area (Å²) in [5.41, 5.74) is 5.20. The molecule has 0 radical (unpaired) electrons. The summed E-state index contributed by atoms with van der Waals surface area (Å²) in [6.07, 6.45) is 1.05. The van der Waals surface area contributed by atoms with Crippen molar-refractivity contribution >= 4 is 11.0 Å². The first-order chi connectivity index (χ1) is 12.9. The molecule has 1 atom stereocenters. The minimum absolute atomic E-state index is 0.270. The highest BCUT2D eigenvalue weighted by Crippen LogP contribution is 2.21. The third-order valence-corrected chi connectivity index (χ3v) is 5.40. The number of likely N-dealkylation sites (N-methyl/N-ethyl adjacent to an activating group) is 1. The highest BCUT2D eigenvalue weighted by atomic mass is 16.4. The minimum Gasteiger partial charge on any atom is -0.423 e. The monoisotopic (exact) mass is 366 g/mol. The lowest BCUT2D eigenvalue weighted by molar-refractivity contribution is -0.903. The van der Waals surface area contributed by atoms with Gasteiger partial charge in [0.2, 0.25) is 0 Å². The van der Waals surface area contributed by atoms with E-state index >= 15 is 0 Å². The van der Waals surface area contributed by atoms with E-state index in [1.165, 1.54) is 16.0 Å². The number of hydrogen-bond donors (Lipinski definition) is 2. The molecule has 0 fully saturated rings. The molecule has 0 saturated heterocycles. The molecule has 0 aliphatic rings. The van der Waals surface area contributed by atoms with E-state index in [-0.39, 0.29) is 5.63 Å². The third-order valence-electron chi connectivity index (χ3n) is 5.40. The second kappa shape index (κ2) is 8.51. The zero-order chi connectivity index (χ0) is 19.4. The molecule has 4 nitrogen and oxygen atoms in total. The van der Waals surface area contributed by atoms with Crippen molar-refractivity contribution in [2.24, 2.45) is 0 Å². The van der Waals surface area contributed by atoms with Crippen LogP contribution in [-0.2, 0) is 13.0 Å². The molecule has 4 heteroatoms. The molecular weight excluding hydrogens is 336 g/mol. The first-order valence-electron chi connectivity index (χ1n) is 9.63. The second-order valence-electron chi connectivity index (χ2n) is 7.72. The van der Waals surface area contributed by atoms with E-state index in [0.29, 0.717) is 11.6 Å². The summed E-state index contributed by atoms with van der Waals surface area (Å²) in [7, 11) is 4.42. The Hall–Kier alpha value is -2.43. The lowest BCUT2D eigenvalue weighted by Crippen LogP contribution is -3.14. The van der Waals surface area contributed by atoms with Gasteiger partial charge in [-0.1, -0.05) is 30.3 Å². The van der Waals surface area contributed by atoms with Gasteiger partial charge in [0.25, 0.3) is 0 Å². The number of rotatable bonds is 7. The van der Waals surface area contributed by atoms with Crippen LogP contribution >= 0.6 is 0 Å². The molecule has 0 bridgehead atoms. The number of aryl methyl sites for hydroxylation is 2. The maximum absolute atomic E-state index is 12.0. The normalized spacial score (nSPS) is 12.6. The molecule has 0 saturated carbocycles. The smallest absolute Gasteiger partial charge is 0.336 e. The van der Waals surface area contributed by atoms with Gasteiger partial charge >= 0.3 is 5.63 Å². The Kier molecular flexibility index (Phi) is 6.09. The fraction of sp³-hybridized carbons (Fsp3) is 0.348. The lowest BCUT2D eigenvalue weighted by atomic mass is 10.0. The molecule has 0 unspecified atom stereocenters. The fourth-order valence-corrected chi connectivity index (χ4v) is 3.51. The summed E-state index contributed by atoms with van der Waals surface area (Å²) in [6, 6.07) is 16.9. The fourth-order valence-electron chi connectivity index (χ4n) is 3.51. The average Bonchev–Trinajstić information content (AvgIpc) is 2.63. The van der Waals surface area contributed by atoms with E-state index in [4.69, 9.17) is 4.42 Å². The van der Waals surface area contributed by atoms with Crippen LogP contribution in [0.5, 0.6) is 0 Å². The first kappa shape index (κ1) is 19.3. The zero-order valence-corrected chi connectivity index (χ0v) is 16.7. The highest BCUT2D eigenvalue weighted by Gasteiger charge is 2.18. The van der Waals surface area contributed by atoms with Gasteiger partial charge in [0, 0.05) is 23.4 Å². The number of fused-ring (bicyclic) bond motifs is 1. The van der Waals surface area contributed by atoms with Crippen molar-refractivity contribution in [3.8, 4) is 0 Å². The van der Waals surface area contributed by atoms with Gasteiger partial charge in [-0.2, -0.15) is 0 Å². The van der Waals surface area contributed by atoms with Gasteiger partial charge in [-0.05, 0) is 42.7 Å². The van der Waals surface area contributed by atoms with Gasteiger partial charge in [-0.3, -0.25) is 0 Å². The minimum atomic E-state index is -0.270. The standard InChI is InChI=1S/C23H28N2O2/c1-16-10-21-19(13-23(26)27-22(21)11-17(16)2)14-24-15-20(25(3)4)12-18-8-6-5-7-9-18/h5-11,13,20,24H,12,14-15H2,1-4H3/p+2/t20-/m0/s1.